The fourth-order valence-corrected chi connectivity index (χ4v) is 2.20. The zero-order chi connectivity index (χ0) is 10.6. The van der Waals surface area contributed by atoms with Gasteiger partial charge < -0.3 is 4.90 Å². The number of Topliss-reactive ketones (excluding diaryl/α,β-unsaturated/α-hetero) is 1. The van der Waals surface area contributed by atoms with Crippen LogP contribution in [0.5, 0.6) is 0 Å². The van der Waals surface area contributed by atoms with Crippen LogP contribution < -0.4 is 0 Å². The minimum absolute atomic E-state index is 0.163. The van der Waals surface area contributed by atoms with Crippen LogP contribution in [0.3, 0.4) is 0 Å². The first-order chi connectivity index (χ1) is 6.69. The number of rotatable bonds is 0. The summed E-state index contributed by atoms with van der Waals surface area (Å²) < 4.78 is 0. The summed E-state index contributed by atoms with van der Waals surface area (Å²) in [5.74, 6) is 0.297. The van der Waals surface area contributed by atoms with Gasteiger partial charge in [-0.25, -0.2) is 0 Å². The van der Waals surface area contributed by atoms with Gasteiger partial charge in [-0.3, -0.25) is 4.79 Å². The standard InChI is InChI=1S/C9H13N3OS/c1-7-5-8(13)3-4-12(7)9(14-2)11-6-10/h7H,3-5H2,1-2H3. The van der Waals surface area contributed by atoms with Gasteiger partial charge in [-0.15, -0.1) is 4.99 Å². The zero-order valence-corrected chi connectivity index (χ0v) is 9.17. The molecule has 1 saturated heterocycles. The van der Waals surface area contributed by atoms with Gasteiger partial charge in [0, 0.05) is 25.4 Å². The third kappa shape index (κ3) is 2.48. The Balaban J connectivity index is 2.73. The predicted molar refractivity (Wildman–Crippen MR) is 57.0 cm³/mol. The Morgan fingerprint density at radius 3 is 3.00 bits per heavy atom. The first-order valence-corrected chi connectivity index (χ1v) is 5.70. The third-order valence-corrected chi connectivity index (χ3v) is 2.95. The average Bonchev–Trinajstić information content (AvgIpc) is 2.15. The molecule has 1 unspecified atom stereocenters. The molecule has 0 spiro atoms. The van der Waals surface area contributed by atoms with E-state index in [0.717, 1.165) is 0 Å². The van der Waals surface area contributed by atoms with E-state index in [1.807, 2.05) is 18.1 Å². The Morgan fingerprint density at radius 2 is 2.50 bits per heavy atom. The van der Waals surface area contributed by atoms with Crippen molar-refractivity contribution in [2.75, 3.05) is 12.8 Å². The van der Waals surface area contributed by atoms with Crippen LogP contribution in [0.25, 0.3) is 0 Å². The molecule has 0 aliphatic carbocycles. The Hall–Kier alpha value is -1.02. The number of aliphatic imine (C=N–C) groups is 1. The number of nitrogens with zero attached hydrogens (tertiary/aromatic N) is 3. The Morgan fingerprint density at radius 1 is 1.79 bits per heavy atom. The van der Waals surface area contributed by atoms with Crippen LogP contribution in [0.2, 0.25) is 0 Å². The molecule has 1 atom stereocenters. The van der Waals surface area contributed by atoms with Gasteiger partial charge in [0.25, 0.3) is 0 Å². The largest absolute Gasteiger partial charge is 0.347 e. The number of hydrogen-bond acceptors (Lipinski definition) is 4. The topological polar surface area (TPSA) is 56.5 Å². The molecule has 0 saturated carbocycles. The number of nitriles is 1. The lowest BCUT2D eigenvalue weighted by Gasteiger charge is -2.33. The lowest BCUT2D eigenvalue weighted by molar-refractivity contribution is -0.121. The minimum Gasteiger partial charge on any atom is -0.347 e. The molecule has 0 N–H and O–H groups in total. The fraction of sp³-hybridized carbons (Fsp3) is 0.667. The molecule has 76 valence electrons. The van der Waals surface area contributed by atoms with Gasteiger partial charge in [0.05, 0.1) is 0 Å². The molecular formula is C9H13N3OS. The molecule has 0 bridgehead atoms. The average molecular weight is 211 g/mol. The summed E-state index contributed by atoms with van der Waals surface area (Å²) >= 11 is 1.45. The quantitative estimate of drug-likeness (QED) is 0.343. The van der Waals surface area contributed by atoms with Crippen molar-refractivity contribution < 1.29 is 4.79 Å². The van der Waals surface area contributed by atoms with Crippen molar-refractivity contribution >= 4 is 22.7 Å². The molecule has 1 heterocycles. The zero-order valence-electron chi connectivity index (χ0n) is 8.36. The second-order valence-electron chi connectivity index (χ2n) is 3.23. The van der Waals surface area contributed by atoms with Crippen molar-refractivity contribution in [1.82, 2.24) is 4.90 Å². The number of ketones is 1. The van der Waals surface area contributed by atoms with Crippen LogP contribution in [0.15, 0.2) is 4.99 Å². The van der Waals surface area contributed by atoms with E-state index in [1.54, 1.807) is 6.19 Å². The molecule has 1 aliphatic rings. The Labute approximate surface area is 88.0 Å². The number of piperidine rings is 1. The van der Waals surface area contributed by atoms with Gasteiger partial charge in [0.2, 0.25) is 6.19 Å². The maximum Gasteiger partial charge on any atom is 0.208 e. The van der Waals surface area contributed by atoms with Crippen molar-refractivity contribution in [3.8, 4) is 6.19 Å². The highest BCUT2D eigenvalue weighted by Gasteiger charge is 2.25. The molecule has 1 fully saturated rings. The first kappa shape index (κ1) is 11.1. The number of carbonyl (C=O) groups excluding carboxylic acids is 1. The van der Waals surface area contributed by atoms with E-state index < -0.39 is 0 Å². The summed E-state index contributed by atoms with van der Waals surface area (Å²) in [5.41, 5.74) is 0. The molecule has 4 nitrogen and oxygen atoms in total. The summed E-state index contributed by atoms with van der Waals surface area (Å²) in [6, 6.07) is 0.163. The molecule has 14 heavy (non-hydrogen) atoms. The van der Waals surface area contributed by atoms with Gasteiger partial charge in [0.15, 0.2) is 5.17 Å². The van der Waals surface area contributed by atoms with Crippen LogP contribution in [0.1, 0.15) is 19.8 Å². The Bertz CT molecular complexity index is 295. The molecule has 0 aromatic rings. The number of carbonyl (C=O) groups is 1. The highest BCUT2D eigenvalue weighted by molar-refractivity contribution is 8.13. The van der Waals surface area contributed by atoms with Crippen LogP contribution in [0, 0.1) is 11.5 Å². The SMILES string of the molecule is CSC(=NC#N)N1CCC(=O)CC1C. The van der Waals surface area contributed by atoms with Crippen LogP contribution in [0.4, 0.5) is 0 Å². The van der Waals surface area contributed by atoms with Gasteiger partial charge >= 0.3 is 0 Å². The second kappa shape index (κ2) is 5.01. The maximum atomic E-state index is 11.1. The van der Waals surface area contributed by atoms with Gasteiger partial charge in [-0.2, -0.15) is 5.26 Å². The van der Waals surface area contributed by atoms with Gasteiger partial charge in [-0.1, -0.05) is 11.8 Å². The number of thioether (sulfide) groups is 1. The Kier molecular flexibility index (Phi) is 3.96. The molecule has 0 aromatic heterocycles. The normalized spacial score (nSPS) is 23.5. The lowest BCUT2D eigenvalue weighted by Crippen LogP contribution is -2.43. The van der Waals surface area contributed by atoms with Crippen LogP contribution in [-0.2, 0) is 4.79 Å². The summed E-state index contributed by atoms with van der Waals surface area (Å²) in [4.78, 5) is 16.9. The number of likely N-dealkylation sites (tertiary alicyclic amines) is 1. The third-order valence-electron chi connectivity index (χ3n) is 2.26. The highest BCUT2D eigenvalue weighted by atomic mass is 32.2. The van der Waals surface area contributed by atoms with E-state index in [2.05, 4.69) is 4.99 Å². The molecule has 0 radical (unpaired) electrons. The van der Waals surface area contributed by atoms with Crippen molar-refractivity contribution in [3.63, 3.8) is 0 Å². The molecule has 1 rings (SSSR count). The minimum atomic E-state index is 0.163. The monoisotopic (exact) mass is 211 g/mol. The predicted octanol–water partition coefficient (Wildman–Crippen LogP) is 1.24. The van der Waals surface area contributed by atoms with Crippen LogP contribution >= 0.6 is 11.8 Å². The molecule has 0 aromatic carbocycles. The highest BCUT2D eigenvalue weighted by Crippen LogP contribution is 2.18. The van der Waals surface area contributed by atoms with Gasteiger partial charge in [-0.05, 0) is 13.2 Å². The van der Waals surface area contributed by atoms with Crippen LogP contribution in [-0.4, -0.2) is 34.7 Å². The molecule has 5 heteroatoms. The van der Waals surface area contributed by atoms with Crippen molar-refractivity contribution in [2.24, 2.45) is 4.99 Å². The van der Waals surface area contributed by atoms with E-state index in [9.17, 15) is 4.79 Å². The smallest absolute Gasteiger partial charge is 0.208 e. The number of hydrogen-bond donors (Lipinski definition) is 0. The molecule has 1 aliphatic heterocycles. The van der Waals surface area contributed by atoms with E-state index in [0.29, 0.717) is 30.3 Å². The lowest BCUT2D eigenvalue weighted by atomic mass is 10.0. The second-order valence-corrected chi connectivity index (χ2v) is 4.01. The van der Waals surface area contributed by atoms with Gasteiger partial charge in [0.1, 0.15) is 5.78 Å². The van der Waals surface area contributed by atoms with Crippen molar-refractivity contribution in [3.05, 3.63) is 0 Å². The molecule has 0 amide bonds. The molecular weight excluding hydrogens is 198 g/mol. The van der Waals surface area contributed by atoms with E-state index >= 15 is 0 Å². The maximum absolute atomic E-state index is 11.1. The summed E-state index contributed by atoms with van der Waals surface area (Å²) in [6.45, 7) is 2.67. The fourth-order valence-electron chi connectivity index (χ4n) is 1.56. The van der Waals surface area contributed by atoms with Crippen molar-refractivity contribution in [1.29, 1.82) is 5.26 Å². The van der Waals surface area contributed by atoms with E-state index in [1.165, 1.54) is 11.8 Å². The van der Waals surface area contributed by atoms with E-state index in [4.69, 9.17) is 5.26 Å². The van der Waals surface area contributed by atoms with E-state index in [-0.39, 0.29) is 6.04 Å². The first-order valence-electron chi connectivity index (χ1n) is 4.48. The van der Waals surface area contributed by atoms with Crippen molar-refractivity contribution in [2.45, 2.75) is 25.8 Å². The summed E-state index contributed by atoms with van der Waals surface area (Å²) in [7, 11) is 0. The number of amidine groups is 1. The summed E-state index contributed by atoms with van der Waals surface area (Å²) in [5, 5.41) is 9.21. The summed E-state index contributed by atoms with van der Waals surface area (Å²) in [6.07, 6.45) is 4.80.